The van der Waals surface area contributed by atoms with Gasteiger partial charge in [-0.05, 0) is 30.3 Å². The van der Waals surface area contributed by atoms with Crippen molar-refractivity contribution < 1.29 is 27.4 Å². The normalized spacial score (nSPS) is 14.4. The zero-order chi connectivity index (χ0) is 24.1. The average molecular weight is 487 g/mol. The molecule has 0 unspecified atom stereocenters. The summed E-state index contributed by atoms with van der Waals surface area (Å²) in [6.45, 7) is 1.32. The number of hydrogen-bond donors (Lipinski definition) is 1. The van der Waals surface area contributed by atoms with Gasteiger partial charge in [0.15, 0.2) is 5.82 Å². The average Bonchev–Trinajstić information content (AvgIpc) is 2.89. The van der Waals surface area contributed by atoms with Crippen molar-refractivity contribution in [3.8, 4) is 28.5 Å². The fourth-order valence-corrected chi connectivity index (χ4v) is 5.13. The fourth-order valence-electron chi connectivity index (χ4n) is 3.54. The van der Waals surface area contributed by atoms with Crippen molar-refractivity contribution in [1.29, 1.82) is 0 Å². The van der Waals surface area contributed by atoms with Crippen LogP contribution in [0, 0.1) is 0 Å². The Labute approximate surface area is 198 Å². The Hall–Kier alpha value is -3.41. The molecule has 0 spiro atoms. The minimum Gasteiger partial charge on any atom is -0.497 e. The Balaban J connectivity index is 1.60. The van der Waals surface area contributed by atoms with Crippen LogP contribution < -0.4 is 19.5 Å². The van der Waals surface area contributed by atoms with Crippen LogP contribution in [-0.2, 0) is 14.8 Å². The molecule has 0 radical (unpaired) electrons. The van der Waals surface area contributed by atoms with Gasteiger partial charge in [0, 0.05) is 42.5 Å². The van der Waals surface area contributed by atoms with Crippen molar-refractivity contribution in [3.63, 3.8) is 0 Å². The number of benzene rings is 2. The summed E-state index contributed by atoms with van der Waals surface area (Å²) in [4.78, 5) is 0.0851. The Bertz CT molecular complexity index is 1220. The molecule has 3 aromatic rings. The summed E-state index contributed by atoms with van der Waals surface area (Å²) in [6, 6.07) is 13.9. The monoisotopic (exact) mass is 486 g/mol. The number of anilines is 2. The summed E-state index contributed by atoms with van der Waals surface area (Å²) in [5, 5.41) is 11.7. The summed E-state index contributed by atoms with van der Waals surface area (Å²) >= 11 is 0. The number of sulfonamides is 1. The van der Waals surface area contributed by atoms with Crippen LogP contribution in [0.3, 0.4) is 0 Å². The maximum Gasteiger partial charge on any atom is 0.246 e. The lowest BCUT2D eigenvalue weighted by molar-refractivity contribution is 0.0729. The van der Waals surface area contributed by atoms with Crippen LogP contribution in [0.15, 0.2) is 53.4 Å². The molecule has 0 bridgehead atoms. The highest BCUT2D eigenvalue weighted by molar-refractivity contribution is 7.89. The van der Waals surface area contributed by atoms with E-state index in [-0.39, 0.29) is 10.6 Å². The van der Waals surface area contributed by atoms with Gasteiger partial charge in [-0.2, -0.15) is 4.31 Å². The molecule has 0 saturated carbocycles. The molecular formula is C23H26N4O6S. The molecule has 0 aliphatic carbocycles. The summed E-state index contributed by atoms with van der Waals surface area (Å²) in [7, 11) is 0.850. The zero-order valence-electron chi connectivity index (χ0n) is 19.1. The maximum atomic E-state index is 13.2. The van der Waals surface area contributed by atoms with E-state index in [9.17, 15) is 8.42 Å². The highest BCUT2D eigenvalue weighted by Crippen LogP contribution is 2.32. The van der Waals surface area contributed by atoms with E-state index >= 15 is 0 Å². The molecule has 0 amide bonds. The largest absolute Gasteiger partial charge is 0.497 e. The van der Waals surface area contributed by atoms with Crippen LogP contribution in [0.2, 0.25) is 0 Å². The number of hydrogen-bond acceptors (Lipinski definition) is 9. The van der Waals surface area contributed by atoms with Gasteiger partial charge >= 0.3 is 0 Å². The molecule has 1 aliphatic rings. The van der Waals surface area contributed by atoms with Crippen molar-refractivity contribution >= 4 is 21.5 Å². The molecule has 10 nitrogen and oxygen atoms in total. The molecule has 1 aromatic heterocycles. The number of methoxy groups -OCH3 is 3. The highest BCUT2D eigenvalue weighted by Gasteiger charge is 2.29. The van der Waals surface area contributed by atoms with E-state index in [0.717, 1.165) is 5.69 Å². The van der Waals surface area contributed by atoms with Crippen LogP contribution in [0.5, 0.6) is 17.2 Å². The van der Waals surface area contributed by atoms with E-state index in [1.807, 2.05) is 12.1 Å². The van der Waals surface area contributed by atoms with Gasteiger partial charge in [0.05, 0.1) is 40.2 Å². The molecule has 1 saturated heterocycles. The van der Waals surface area contributed by atoms with E-state index in [4.69, 9.17) is 18.9 Å². The minimum absolute atomic E-state index is 0.0851. The lowest BCUT2D eigenvalue weighted by Gasteiger charge is -2.26. The summed E-state index contributed by atoms with van der Waals surface area (Å²) in [5.41, 5.74) is 1.85. The second-order valence-corrected chi connectivity index (χ2v) is 9.32. The molecule has 1 aliphatic heterocycles. The molecule has 180 valence electrons. The molecule has 34 heavy (non-hydrogen) atoms. The molecular weight excluding hydrogens is 460 g/mol. The van der Waals surface area contributed by atoms with Gasteiger partial charge in [0.25, 0.3) is 0 Å². The summed E-state index contributed by atoms with van der Waals surface area (Å²) in [5.74, 6) is 2.06. The van der Waals surface area contributed by atoms with Gasteiger partial charge in [-0.1, -0.05) is 0 Å². The molecule has 2 heterocycles. The number of aromatic nitrogens is 2. The molecule has 1 fully saturated rings. The Kier molecular flexibility index (Phi) is 7.15. The summed E-state index contributed by atoms with van der Waals surface area (Å²) < 4.78 is 49.1. The van der Waals surface area contributed by atoms with Crippen LogP contribution >= 0.6 is 0 Å². The van der Waals surface area contributed by atoms with Crippen molar-refractivity contribution in [3.05, 3.63) is 48.5 Å². The first-order chi connectivity index (χ1) is 16.4. The quantitative estimate of drug-likeness (QED) is 0.513. The van der Waals surface area contributed by atoms with Crippen LogP contribution in [0.25, 0.3) is 11.3 Å². The number of nitrogens with one attached hydrogen (secondary N) is 1. The lowest BCUT2D eigenvalue weighted by Crippen LogP contribution is -2.40. The highest BCUT2D eigenvalue weighted by atomic mass is 32.2. The molecule has 1 N–H and O–H groups in total. The van der Waals surface area contributed by atoms with Gasteiger partial charge in [0.2, 0.25) is 10.0 Å². The maximum absolute atomic E-state index is 13.2. The molecule has 0 atom stereocenters. The predicted octanol–water partition coefficient (Wildman–Crippen LogP) is 2.93. The standard InChI is InChI=1S/C23H26N4O6S/c1-30-18-13-17(14-19(15-18)31-2)24-23-7-5-20(25-26-23)16-4-6-21(32-3)22(12-16)34(28,29)27-8-10-33-11-9-27/h4-7,12-15H,8-11H2,1-3H3,(H,24,26). The first kappa shape index (κ1) is 23.7. The SMILES string of the molecule is COc1cc(Nc2ccc(-c3ccc(OC)c(S(=O)(=O)N4CCOCC4)c3)nn2)cc(OC)c1. The third kappa shape index (κ3) is 5.06. The first-order valence-corrected chi connectivity index (χ1v) is 12.0. The van der Waals surface area contributed by atoms with E-state index in [1.54, 1.807) is 50.6 Å². The predicted molar refractivity (Wildman–Crippen MR) is 126 cm³/mol. The second kappa shape index (κ2) is 10.2. The van der Waals surface area contributed by atoms with E-state index in [1.165, 1.54) is 11.4 Å². The van der Waals surface area contributed by atoms with E-state index in [0.29, 0.717) is 54.9 Å². The Morgan fingerprint density at radius 1 is 0.882 bits per heavy atom. The van der Waals surface area contributed by atoms with Gasteiger partial charge in [-0.3, -0.25) is 0 Å². The van der Waals surface area contributed by atoms with Crippen molar-refractivity contribution in [2.45, 2.75) is 4.90 Å². The topological polar surface area (TPSA) is 112 Å². The van der Waals surface area contributed by atoms with Crippen molar-refractivity contribution in [1.82, 2.24) is 14.5 Å². The smallest absolute Gasteiger partial charge is 0.246 e. The van der Waals surface area contributed by atoms with E-state index in [2.05, 4.69) is 15.5 Å². The number of morpholine rings is 1. The van der Waals surface area contributed by atoms with Gasteiger partial charge < -0.3 is 24.3 Å². The number of rotatable bonds is 8. The van der Waals surface area contributed by atoms with Crippen LogP contribution in [0.1, 0.15) is 0 Å². The molecule has 11 heteroatoms. The molecule has 4 rings (SSSR count). The third-order valence-electron chi connectivity index (χ3n) is 5.34. The number of nitrogens with zero attached hydrogens (tertiary/aromatic N) is 3. The Morgan fingerprint density at radius 2 is 1.59 bits per heavy atom. The minimum atomic E-state index is -3.75. The van der Waals surface area contributed by atoms with Gasteiger partial charge in [-0.25, -0.2) is 8.42 Å². The fraction of sp³-hybridized carbons (Fsp3) is 0.304. The molecule has 2 aromatic carbocycles. The van der Waals surface area contributed by atoms with Gasteiger partial charge in [-0.15, -0.1) is 10.2 Å². The Morgan fingerprint density at radius 3 is 2.18 bits per heavy atom. The van der Waals surface area contributed by atoms with E-state index < -0.39 is 10.0 Å². The zero-order valence-corrected chi connectivity index (χ0v) is 20.0. The third-order valence-corrected chi connectivity index (χ3v) is 7.26. The van der Waals surface area contributed by atoms with Crippen LogP contribution in [-0.4, -0.2) is 70.6 Å². The van der Waals surface area contributed by atoms with Crippen molar-refractivity contribution in [2.75, 3.05) is 52.9 Å². The lowest BCUT2D eigenvalue weighted by atomic mass is 10.1. The first-order valence-electron chi connectivity index (χ1n) is 10.5. The van der Waals surface area contributed by atoms with Crippen LogP contribution in [0.4, 0.5) is 11.5 Å². The van der Waals surface area contributed by atoms with Gasteiger partial charge in [0.1, 0.15) is 22.1 Å². The second-order valence-electron chi connectivity index (χ2n) is 7.41. The van der Waals surface area contributed by atoms with Crippen molar-refractivity contribution in [2.24, 2.45) is 0 Å². The number of ether oxygens (including phenoxy) is 4. The summed E-state index contributed by atoms with van der Waals surface area (Å²) in [6.07, 6.45) is 0.